The van der Waals surface area contributed by atoms with E-state index in [-0.39, 0.29) is 19.5 Å². The van der Waals surface area contributed by atoms with Crippen LogP contribution in [0.4, 0.5) is 26.3 Å². The van der Waals surface area contributed by atoms with Crippen LogP contribution in [0, 0.1) is 0 Å². The van der Waals surface area contributed by atoms with Crippen molar-refractivity contribution in [2.45, 2.75) is 30.7 Å². The van der Waals surface area contributed by atoms with Crippen molar-refractivity contribution in [2.24, 2.45) is 0 Å². The Hall–Kier alpha value is 0.720. The second-order valence-electron chi connectivity index (χ2n) is 3.87. The summed E-state index contributed by atoms with van der Waals surface area (Å²) in [7, 11) is -12.2. The maximum atomic E-state index is 10.7. The molecule has 0 aliphatic carbocycles. The second kappa shape index (κ2) is 9.88. The Balaban J connectivity index is -0.000000111. The summed E-state index contributed by atoms with van der Waals surface area (Å²) in [4.78, 5) is 0. The molecule has 0 aliphatic heterocycles. The third-order valence-electron chi connectivity index (χ3n) is 0.567. The first-order valence-corrected chi connectivity index (χ1v) is 12.8. The van der Waals surface area contributed by atoms with Crippen LogP contribution < -0.4 is 0 Å². The molecule has 0 spiro atoms. The van der Waals surface area contributed by atoms with Gasteiger partial charge in [-0.15, -0.1) is 15.3 Å². The average molecular weight is 517 g/mol. The molecule has 0 atom stereocenters. The van der Waals surface area contributed by atoms with E-state index in [0.29, 0.717) is 0 Å². The van der Waals surface area contributed by atoms with Gasteiger partial charge in [0.05, 0.1) is 0 Å². The predicted octanol–water partition coefficient (Wildman–Crippen LogP) is 2.32. The molecule has 0 fully saturated rings. The minimum Gasteiger partial charge on any atom is -0.741 e. The standard InChI is InChI=1S/C3H9BrSi.2CHF3O3S.Zn/c1-5(2,3)4;2*2-1(3,4)8(5,6)7;/h1-3H3;2*(H,5,6,7);/q;;;+2/p-2. The van der Waals surface area contributed by atoms with Gasteiger partial charge < -0.3 is 9.11 Å². The Bertz CT molecular complexity index is 461. The van der Waals surface area contributed by atoms with E-state index in [1.807, 2.05) is 0 Å². The summed E-state index contributed by atoms with van der Waals surface area (Å²) in [6.45, 7) is 5.93. The van der Waals surface area contributed by atoms with Gasteiger partial charge in [-0.3, -0.25) is 0 Å². The molecule has 0 radical (unpaired) electrons. The molecule has 0 saturated heterocycles. The van der Waals surface area contributed by atoms with Crippen LogP contribution in [0.3, 0.4) is 0 Å². The molecular weight excluding hydrogens is 508 g/mol. The number of rotatable bonds is 0. The molecule has 0 bridgehead atoms. The van der Waals surface area contributed by atoms with E-state index in [9.17, 15) is 26.3 Å². The topological polar surface area (TPSA) is 114 Å². The number of halogens is 7. The average Bonchev–Trinajstić information content (AvgIpc) is 1.91. The summed E-state index contributed by atoms with van der Waals surface area (Å²) in [5.41, 5.74) is -11.3. The number of hydrogen-bond acceptors (Lipinski definition) is 6. The van der Waals surface area contributed by atoms with Gasteiger partial charge in [-0.2, -0.15) is 26.3 Å². The molecule has 132 valence electrons. The molecule has 0 unspecified atom stereocenters. The maximum absolute atomic E-state index is 10.7. The Morgan fingerprint density at radius 1 is 0.773 bits per heavy atom. The predicted molar refractivity (Wildman–Crippen MR) is 63.8 cm³/mol. The molecule has 0 saturated carbocycles. The third kappa shape index (κ3) is 23.0. The summed E-state index contributed by atoms with van der Waals surface area (Å²) in [5, 5.41) is 0. The van der Waals surface area contributed by atoms with E-state index < -0.39 is 37.9 Å². The molecular formula is C5H9BrF6O6S2SiZn. The molecule has 0 aromatic rings. The summed E-state index contributed by atoms with van der Waals surface area (Å²) in [6, 6.07) is 0. The van der Waals surface area contributed by atoms with Crippen molar-refractivity contribution in [3.8, 4) is 0 Å². The van der Waals surface area contributed by atoms with Gasteiger partial charge in [0.15, 0.2) is 20.2 Å². The Morgan fingerprint density at radius 3 is 0.818 bits per heavy atom. The molecule has 0 aromatic heterocycles. The molecule has 0 rings (SSSR count). The van der Waals surface area contributed by atoms with E-state index >= 15 is 0 Å². The fourth-order valence-electron chi connectivity index (χ4n) is 0. The van der Waals surface area contributed by atoms with E-state index in [2.05, 4.69) is 34.9 Å². The molecule has 0 heterocycles. The summed E-state index contributed by atoms with van der Waals surface area (Å²) in [5.74, 6) is 0. The quantitative estimate of drug-likeness (QED) is 0.160. The first-order valence-electron chi connectivity index (χ1n) is 4.23. The fourth-order valence-corrected chi connectivity index (χ4v) is 0. The van der Waals surface area contributed by atoms with Crippen LogP contribution in [0.5, 0.6) is 0 Å². The van der Waals surface area contributed by atoms with Crippen LogP contribution in [-0.2, 0) is 39.7 Å². The zero-order chi connectivity index (χ0) is 18.5. The Kier molecular flexibility index (Phi) is 13.7. The van der Waals surface area contributed by atoms with Crippen LogP contribution in [0.25, 0.3) is 0 Å². The van der Waals surface area contributed by atoms with Gasteiger partial charge in [-0.25, -0.2) is 16.8 Å². The molecule has 22 heavy (non-hydrogen) atoms. The van der Waals surface area contributed by atoms with Crippen molar-refractivity contribution >= 4 is 42.2 Å². The van der Waals surface area contributed by atoms with Crippen LogP contribution in [0.15, 0.2) is 0 Å². The van der Waals surface area contributed by atoms with Crippen LogP contribution in [0.1, 0.15) is 0 Å². The molecule has 0 amide bonds. The van der Waals surface area contributed by atoms with E-state index in [1.165, 1.54) is 0 Å². The molecule has 0 aromatic carbocycles. The fraction of sp³-hybridized carbons (Fsp3) is 1.00. The van der Waals surface area contributed by atoms with Gasteiger partial charge in [-0.05, 0) is 0 Å². The van der Waals surface area contributed by atoms with Gasteiger partial charge in [0.25, 0.3) is 0 Å². The van der Waals surface area contributed by atoms with Gasteiger partial charge in [0.2, 0.25) is 0 Å². The van der Waals surface area contributed by atoms with Crippen molar-refractivity contribution in [1.29, 1.82) is 0 Å². The van der Waals surface area contributed by atoms with E-state index in [1.54, 1.807) is 0 Å². The maximum Gasteiger partial charge on any atom is 2.00 e. The van der Waals surface area contributed by atoms with E-state index in [4.69, 9.17) is 25.9 Å². The minimum atomic E-state index is -6.09. The van der Waals surface area contributed by atoms with E-state index in [0.717, 1.165) is 0 Å². The smallest absolute Gasteiger partial charge is 0.741 e. The summed E-state index contributed by atoms with van der Waals surface area (Å²) < 4.78 is 118. The number of hydrogen-bond donors (Lipinski definition) is 0. The first-order chi connectivity index (χ1) is 8.50. The minimum absolute atomic E-state index is 0. The van der Waals surface area contributed by atoms with Gasteiger partial charge >= 0.3 is 30.5 Å². The molecule has 0 N–H and O–H groups in total. The molecule has 0 aliphatic rings. The van der Waals surface area contributed by atoms with Crippen LogP contribution >= 0.6 is 15.3 Å². The van der Waals surface area contributed by atoms with Crippen molar-refractivity contribution in [3.63, 3.8) is 0 Å². The second-order valence-corrected chi connectivity index (χ2v) is 17.9. The third-order valence-corrected chi connectivity index (χ3v) is 1.70. The summed E-state index contributed by atoms with van der Waals surface area (Å²) >= 11 is 3.51. The summed E-state index contributed by atoms with van der Waals surface area (Å²) in [6.07, 6.45) is 0. The molecule has 17 heteroatoms. The van der Waals surface area contributed by atoms with Gasteiger partial charge in [-0.1, -0.05) is 19.6 Å². The van der Waals surface area contributed by atoms with Gasteiger partial charge in [0, 0.05) is 0 Å². The van der Waals surface area contributed by atoms with Crippen molar-refractivity contribution < 1.29 is 71.8 Å². The number of alkyl halides is 6. The Morgan fingerprint density at radius 2 is 0.818 bits per heavy atom. The van der Waals surface area contributed by atoms with Crippen LogP contribution in [0.2, 0.25) is 19.6 Å². The molecule has 6 nitrogen and oxygen atoms in total. The largest absolute Gasteiger partial charge is 2.00 e. The SMILES string of the molecule is C[Si](C)(C)Br.O=S(=O)([O-])C(F)(F)F.O=S(=O)([O-])C(F)(F)F.[Zn+2]. The monoisotopic (exact) mass is 514 g/mol. The van der Waals surface area contributed by atoms with Crippen LogP contribution in [-0.4, -0.2) is 43.7 Å². The van der Waals surface area contributed by atoms with Crippen molar-refractivity contribution in [1.82, 2.24) is 0 Å². The Labute approximate surface area is 144 Å². The van der Waals surface area contributed by atoms with Gasteiger partial charge in [0.1, 0.15) is 6.69 Å². The zero-order valence-corrected chi connectivity index (χ0v) is 18.3. The van der Waals surface area contributed by atoms with Crippen molar-refractivity contribution in [3.05, 3.63) is 0 Å². The first kappa shape index (κ1) is 30.6. The van der Waals surface area contributed by atoms with Crippen molar-refractivity contribution in [2.75, 3.05) is 0 Å². The normalized spacial score (nSPS) is 12.9. The zero-order valence-electron chi connectivity index (χ0n) is 11.1.